The zero-order valence-electron chi connectivity index (χ0n) is 10.5. The molecule has 0 bridgehead atoms. The van der Waals surface area contributed by atoms with Crippen molar-refractivity contribution in [2.24, 2.45) is 11.8 Å². The quantitative estimate of drug-likeness (QED) is 0.753. The molecule has 0 aliphatic heterocycles. The molecule has 0 saturated heterocycles. The number of hydrogen-bond acceptors (Lipinski definition) is 4. The molecule has 7 heteroatoms. The van der Waals surface area contributed by atoms with Crippen LogP contribution in [0.2, 0.25) is 5.28 Å². The molecule has 0 amide bonds. The predicted octanol–water partition coefficient (Wildman–Crippen LogP) is 1.94. The van der Waals surface area contributed by atoms with Gasteiger partial charge in [-0.2, -0.15) is 4.31 Å². The van der Waals surface area contributed by atoms with E-state index in [2.05, 4.69) is 9.97 Å². The first-order valence-electron chi connectivity index (χ1n) is 6.53. The highest BCUT2D eigenvalue weighted by Crippen LogP contribution is 2.35. The third kappa shape index (κ3) is 3.24. The third-order valence-corrected chi connectivity index (χ3v) is 5.53. The van der Waals surface area contributed by atoms with Gasteiger partial charge in [0.1, 0.15) is 4.90 Å². The minimum absolute atomic E-state index is 0.0647. The molecule has 1 aromatic rings. The van der Waals surface area contributed by atoms with E-state index in [4.69, 9.17) is 11.6 Å². The van der Waals surface area contributed by atoms with Gasteiger partial charge in [-0.3, -0.25) is 0 Å². The molecule has 1 heterocycles. The first-order chi connectivity index (χ1) is 9.05. The van der Waals surface area contributed by atoms with Crippen molar-refractivity contribution in [2.75, 3.05) is 13.1 Å². The summed E-state index contributed by atoms with van der Waals surface area (Å²) in [7, 11) is -3.48. The van der Waals surface area contributed by atoms with Crippen molar-refractivity contribution in [3.05, 3.63) is 17.7 Å². The summed E-state index contributed by atoms with van der Waals surface area (Å²) in [5.41, 5.74) is 0. The van der Waals surface area contributed by atoms with Crippen molar-refractivity contribution < 1.29 is 8.42 Å². The van der Waals surface area contributed by atoms with Crippen LogP contribution in [-0.4, -0.2) is 35.8 Å². The Morgan fingerprint density at radius 1 is 1.11 bits per heavy atom. The van der Waals surface area contributed by atoms with Gasteiger partial charge in [0, 0.05) is 13.1 Å². The average Bonchev–Trinajstić information content (AvgIpc) is 3.23. The standard InChI is InChI=1S/C12H16ClN3O2S/c13-12-14-5-11(6-15-12)19(17,18)16(7-9-1-2-9)8-10-3-4-10/h5-6,9-10H,1-4,7-8H2. The molecule has 2 aliphatic carbocycles. The Balaban J connectivity index is 1.82. The molecule has 3 rings (SSSR count). The molecule has 2 aliphatic rings. The van der Waals surface area contributed by atoms with E-state index in [9.17, 15) is 8.42 Å². The maximum atomic E-state index is 12.6. The van der Waals surface area contributed by atoms with Crippen molar-refractivity contribution >= 4 is 21.6 Å². The Morgan fingerprint density at radius 3 is 2.00 bits per heavy atom. The average molecular weight is 302 g/mol. The molecule has 0 atom stereocenters. The molecule has 104 valence electrons. The molecule has 2 saturated carbocycles. The van der Waals surface area contributed by atoms with E-state index in [0.29, 0.717) is 24.9 Å². The summed E-state index contributed by atoms with van der Waals surface area (Å²) in [5, 5.41) is 0.0647. The second kappa shape index (κ2) is 5.00. The Hall–Kier alpha value is -0.720. The highest BCUT2D eigenvalue weighted by molar-refractivity contribution is 7.89. The maximum Gasteiger partial charge on any atom is 0.246 e. The lowest BCUT2D eigenvalue weighted by Crippen LogP contribution is -2.34. The van der Waals surface area contributed by atoms with Crippen LogP contribution < -0.4 is 0 Å². The summed E-state index contributed by atoms with van der Waals surface area (Å²) >= 11 is 5.60. The van der Waals surface area contributed by atoms with E-state index in [1.54, 1.807) is 4.31 Å². The summed E-state index contributed by atoms with van der Waals surface area (Å²) in [6, 6.07) is 0. The van der Waals surface area contributed by atoms with Crippen molar-refractivity contribution in [1.29, 1.82) is 0 Å². The molecule has 0 unspecified atom stereocenters. The van der Waals surface area contributed by atoms with Crippen LogP contribution in [0.5, 0.6) is 0 Å². The maximum absolute atomic E-state index is 12.6. The molecule has 0 spiro atoms. The largest absolute Gasteiger partial charge is 0.246 e. The van der Waals surface area contributed by atoms with E-state index < -0.39 is 10.0 Å². The van der Waals surface area contributed by atoms with Crippen LogP contribution in [-0.2, 0) is 10.0 Å². The van der Waals surface area contributed by atoms with Gasteiger partial charge >= 0.3 is 0 Å². The van der Waals surface area contributed by atoms with Crippen molar-refractivity contribution in [2.45, 2.75) is 30.6 Å². The Labute approximate surface area is 118 Å². The van der Waals surface area contributed by atoms with Crippen LogP contribution in [0, 0.1) is 11.8 Å². The van der Waals surface area contributed by atoms with E-state index >= 15 is 0 Å². The predicted molar refractivity (Wildman–Crippen MR) is 71.2 cm³/mol. The van der Waals surface area contributed by atoms with Crippen molar-refractivity contribution in [3.63, 3.8) is 0 Å². The minimum Gasteiger partial charge on any atom is -0.225 e. The molecule has 2 fully saturated rings. The topological polar surface area (TPSA) is 63.2 Å². The number of nitrogens with zero attached hydrogens (tertiary/aromatic N) is 3. The summed E-state index contributed by atoms with van der Waals surface area (Å²) in [4.78, 5) is 7.67. The summed E-state index contributed by atoms with van der Waals surface area (Å²) in [5.74, 6) is 1.06. The van der Waals surface area contributed by atoms with E-state index in [0.717, 1.165) is 25.7 Å². The lowest BCUT2D eigenvalue weighted by molar-refractivity contribution is 0.382. The van der Waals surface area contributed by atoms with E-state index in [1.165, 1.54) is 12.4 Å². The third-order valence-electron chi connectivity index (χ3n) is 3.55. The molecule has 0 N–H and O–H groups in total. The number of rotatable bonds is 6. The summed E-state index contributed by atoms with van der Waals surface area (Å²) in [6.45, 7) is 1.25. The molecule has 0 aromatic carbocycles. The second-order valence-corrected chi connectivity index (χ2v) is 7.67. The van der Waals surface area contributed by atoms with Crippen LogP contribution in [0.1, 0.15) is 25.7 Å². The molecule has 1 aromatic heterocycles. The van der Waals surface area contributed by atoms with E-state index in [1.807, 2.05) is 0 Å². The molecular formula is C12H16ClN3O2S. The number of hydrogen-bond donors (Lipinski definition) is 0. The zero-order chi connectivity index (χ0) is 13.5. The number of aromatic nitrogens is 2. The fourth-order valence-corrected chi connectivity index (χ4v) is 3.61. The second-order valence-electron chi connectivity index (χ2n) is 5.40. The van der Waals surface area contributed by atoms with Gasteiger partial charge in [0.05, 0.1) is 12.4 Å². The first-order valence-corrected chi connectivity index (χ1v) is 8.35. The Kier molecular flexibility index (Phi) is 3.49. The van der Waals surface area contributed by atoms with Crippen LogP contribution in [0.4, 0.5) is 0 Å². The van der Waals surface area contributed by atoms with Gasteiger partial charge in [0.15, 0.2) is 0 Å². The number of halogens is 1. The SMILES string of the molecule is O=S(=O)(c1cnc(Cl)nc1)N(CC1CC1)CC1CC1. The Morgan fingerprint density at radius 2 is 1.58 bits per heavy atom. The number of sulfonamides is 1. The highest BCUT2D eigenvalue weighted by Gasteiger charge is 2.35. The summed E-state index contributed by atoms with van der Waals surface area (Å²) in [6.07, 6.45) is 7.11. The van der Waals surface area contributed by atoms with Gasteiger partial charge in [0.2, 0.25) is 15.3 Å². The van der Waals surface area contributed by atoms with Crippen molar-refractivity contribution in [1.82, 2.24) is 14.3 Å². The molecule has 19 heavy (non-hydrogen) atoms. The zero-order valence-corrected chi connectivity index (χ0v) is 12.1. The fraction of sp³-hybridized carbons (Fsp3) is 0.667. The molecule has 5 nitrogen and oxygen atoms in total. The highest BCUT2D eigenvalue weighted by atomic mass is 35.5. The van der Waals surface area contributed by atoms with Gasteiger partial charge < -0.3 is 0 Å². The van der Waals surface area contributed by atoms with Crippen molar-refractivity contribution in [3.8, 4) is 0 Å². The fourth-order valence-electron chi connectivity index (χ4n) is 2.03. The van der Waals surface area contributed by atoms with Crippen LogP contribution in [0.25, 0.3) is 0 Å². The van der Waals surface area contributed by atoms with Gasteiger partial charge in [-0.25, -0.2) is 18.4 Å². The first kappa shape index (κ1) is 13.3. The van der Waals surface area contributed by atoms with Gasteiger partial charge in [0.25, 0.3) is 0 Å². The normalized spacial score (nSPS) is 19.9. The van der Waals surface area contributed by atoms with Crippen LogP contribution >= 0.6 is 11.6 Å². The van der Waals surface area contributed by atoms with Gasteiger partial charge in [-0.15, -0.1) is 0 Å². The minimum atomic E-state index is -3.48. The summed E-state index contributed by atoms with van der Waals surface area (Å²) < 4.78 is 26.8. The van der Waals surface area contributed by atoms with E-state index in [-0.39, 0.29) is 10.2 Å². The lowest BCUT2D eigenvalue weighted by Gasteiger charge is -2.21. The van der Waals surface area contributed by atoms with Gasteiger partial charge in [-0.1, -0.05) is 0 Å². The van der Waals surface area contributed by atoms with Gasteiger partial charge in [-0.05, 0) is 49.1 Å². The van der Waals surface area contributed by atoms with Crippen LogP contribution in [0.3, 0.4) is 0 Å². The smallest absolute Gasteiger partial charge is 0.225 e. The lowest BCUT2D eigenvalue weighted by atomic mass is 10.4. The molecular weight excluding hydrogens is 286 g/mol. The van der Waals surface area contributed by atoms with Crippen LogP contribution in [0.15, 0.2) is 17.3 Å². The monoisotopic (exact) mass is 301 g/mol. The molecule has 0 radical (unpaired) electrons. The Bertz CT molecular complexity index is 539.